The van der Waals surface area contributed by atoms with E-state index in [-0.39, 0.29) is 11.4 Å². The number of anilines is 1. The van der Waals surface area contributed by atoms with E-state index in [9.17, 15) is 4.79 Å². The molecule has 0 saturated carbocycles. The summed E-state index contributed by atoms with van der Waals surface area (Å²) in [7, 11) is 0. The molecular formula is C22H31N3OS. The molecule has 1 aromatic carbocycles. The average Bonchev–Trinajstić information content (AvgIpc) is 2.90. The van der Waals surface area contributed by atoms with E-state index in [1.54, 1.807) is 4.90 Å². The van der Waals surface area contributed by atoms with E-state index >= 15 is 0 Å². The molecule has 1 atom stereocenters. The number of thioether (sulfide) groups is 1. The molecule has 1 saturated heterocycles. The third-order valence-electron chi connectivity index (χ3n) is 5.52. The van der Waals surface area contributed by atoms with Gasteiger partial charge in [0.25, 0.3) is 5.91 Å². The van der Waals surface area contributed by atoms with Crippen LogP contribution in [0.2, 0.25) is 0 Å². The number of amidine groups is 1. The van der Waals surface area contributed by atoms with E-state index in [2.05, 4.69) is 55.8 Å². The highest BCUT2D eigenvalue weighted by Crippen LogP contribution is 2.44. The highest BCUT2D eigenvalue weighted by atomic mass is 32.2. The van der Waals surface area contributed by atoms with Gasteiger partial charge < -0.3 is 4.90 Å². The van der Waals surface area contributed by atoms with Gasteiger partial charge in [-0.15, -0.1) is 0 Å². The predicted octanol–water partition coefficient (Wildman–Crippen LogP) is 5.11. The number of hydrogen-bond acceptors (Lipinski definition) is 4. The van der Waals surface area contributed by atoms with Crippen LogP contribution in [0.3, 0.4) is 0 Å². The molecule has 1 fully saturated rings. The number of benzene rings is 1. The molecule has 0 radical (unpaired) electrons. The smallest absolute Gasteiger partial charge is 0.266 e. The van der Waals surface area contributed by atoms with Crippen LogP contribution < -0.4 is 4.90 Å². The van der Waals surface area contributed by atoms with E-state index in [1.807, 2.05) is 19.9 Å². The second-order valence-corrected chi connectivity index (χ2v) is 8.91. The zero-order valence-corrected chi connectivity index (χ0v) is 18.2. The molecule has 0 bridgehead atoms. The van der Waals surface area contributed by atoms with Gasteiger partial charge in [-0.3, -0.25) is 14.7 Å². The molecule has 1 aromatic rings. The monoisotopic (exact) mass is 385 g/mol. The maximum atomic E-state index is 12.7. The topological polar surface area (TPSA) is 35.9 Å². The van der Waals surface area contributed by atoms with Crippen molar-refractivity contribution < 1.29 is 4.79 Å². The number of rotatable bonds is 4. The van der Waals surface area contributed by atoms with Gasteiger partial charge in [-0.2, -0.15) is 0 Å². The number of hydrogen-bond donors (Lipinski definition) is 0. The van der Waals surface area contributed by atoms with Crippen molar-refractivity contribution in [1.82, 2.24) is 4.90 Å². The van der Waals surface area contributed by atoms with Crippen molar-refractivity contribution in [3.63, 3.8) is 0 Å². The van der Waals surface area contributed by atoms with Crippen molar-refractivity contribution in [3.8, 4) is 0 Å². The summed E-state index contributed by atoms with van der Waals surface area (Å²) in [5, 5.41) is 0.821. The minimum atomic E-state index is 0.0665. The minimum absolute atomic E-state index is 0.0665. The Balaban J connectivity index is 1.96. The summed E-state index contributed by atoms with van der Waals surface area (Å²) in [6, 6.07) is 6.64. The van der Waals surface area contributed by atoms with Crippen LogP contribution in [-0.2, 0) is 4.79 Å². The highest BCUT2D eigenvalue weighted by molar-refractivity contribution is 8.18. The summed E-state index contributed by atoms with van der Waals surface area (Å²) >= 11 is 1.49. The summed E-state index contributed by atoms with van der Waals surface area (Å²) in [5.74, 6) is 0.573. The largest absolute Gasteiger partial charge is 0.366 e. The van der Waals surface area contributed by atoms with Gasteiger partial charge in [0.15, 0.2) is 5.17 Å². The number of likely N-dealkylation sites (N-methyl/N-ethyl adjacent to an activating group) is 1. The van der Waals surface area contributed by atoms with Crippen LogP contribution in [0.1, 0.15) is 65.0 Å². The Bertz CT molecular complexity index is 797. The summed E-state index contributed by atoms with van der Waals surface area (Å²) in [6.07, 6.45) is 3.16. The van der Waals surface area contributed by atoms with E-state index in [1.165, 1.54) is 23.0 Å². The Morgan fingerprint density at radius 1 is 1.26 bits per heavy atom. The van der Waals surface area contributed by atoms with Crippen LogP contribution in [0, 0.1) is 0 Å². The van der Waals surface area contributed by atoms with Gasteiger partial charge in [0.2, 0.25) is 0 Å². The van der Waals surface area contributed by atoms with Crippen molar-refractivity contribution >= 4 is 34.6 Å². The molecule has 2 aliphatic heterocycles. The normalized spacial score (nSPS) is 24.8. The highest BCUT2D eigenvalue weighted by Gasteiger charge is 2.36. The fourth-order valence-electron chi connectivity index (χ4n) is 4.39. The van der Waals surface area contributed by atoms with Gasteiger partial charge >= 0.3 is 0 Å². The molecule has 0 spiro atoms. The number of carbonyl (C=O) groups is 1. The number of amides is 1. The molecule has 3 rings (SSSR count). The van der Waals surface area contributed by atoms with Gasteiger partial charge in [-0.05, 0) is 88.1 Å². The Morgan fingerprint density at radius 2 is 2.00 bits per heavy atom. The quantitative estimate of drug-likeness (QED) is 0.676. The molecule has 0 unspecified atom stereocenters. The molecular weight excluding hydrogens is 354 g/mol. The van der Waals surface area contributed by atoms with Crippen LogP contribution >= 0.6 is 11.8 Å². The fourth-order valence-corrected chi connectivity index (χ4v) is 5.49. The molecule has 2 aliphatic rings. The predicted molar refractivity (Wildman–Crippen MR) is 118 cm³/mol. The first-order valence-electron chi connectivity index (χ1n) is 9.99. The second kappa shape index (κ2) is 7.70. The maximum Gasteiger partial charge on any atom is 0.266 e. The van der Waals surface area contributed by atoms with Crippen LogP contribution in [0.15, 0.2) is 28.1 Å². The molecule has 27 heavy (non-hydrogen) atoms. The third kappa shape index (κ3) is 3.66. The van der Waals surface area contributed by atoms with Gasteiger partial charge in [0, 0.05) is 30.9 Å². The van der Waals surface area contributed by atoms with Gasteiger partial charge in [-0.1, -0.05) is 13.0 Å². The molecule has 0 N–H and O–H groups in total. The van der Waals surface area contributed by atoms with E-state index in [0.717, 1.165) is 28.6 Å². The summed E-state index contributed by atoms with van der Waals surface area (Å²) in [6.45, 7) is 15.5. The second-order valence-electron chi connectivity index (χ2n) is 7.90. The van der Waals surface area contributed by atoms with Crippen molar-refractivity contribution in [2.24, 2.45) is 4.99 Å². The van der Waals surface area contributed by atoms with Crippen LogP contribution in [0.25, 0.3) is 6.08 Å². The van der Waals surface area contributed by atoms with Crippen LogP contribution in [0.4, 0.5) is 5.69 Å². The zero-order valence-electron chi connectivity index (χ0n) is 17.4. The SMILES string of the molecule is CCN=C1S/C(=C\c2ccc3c(c2)[C@@H](C)CC(C)(C)N3CC)C(=O)N1CC. The Labute approximate surface area is 167 Å². The van der Waals surface area contributed by atoms with E-state index in [4.69, 9.17) is 0 Å². The summed E-state index contributed by atoms with van der Waals surface area (Å²) in [4.78, 5) is 22.2. The van der Waals surface area contributed by atoms with Crippen LogP contribution in [-0.4, -0.2) is 41.1 Å². The van der Waals surface area contributed by atoms with Crippen molar-refractivity contribution in [1.29, 1.82) is 0 Å². The first-order valence-corrected chi connectivity index (χ1v) is 10.8. The van der Waals surface area contributed by atoms with Crippen molar-refractivity contribution in [2.75, 3.05) is 24.5 Å². The standard InChI is InChI=1S/C22H31N3OS/c1-7-23-21-24(8-2)20(26)19(27-21)13-16-10-11-18-17(12-16)15(4)14-22(5,6)25(18)9-3/h10-13,15H,7-9,14H2,1-6H3/b19-13-,23-21?/t15-/m0/s1. The first-order chi connectivity index (χ1) is 12.8. The lowest BCUT2D eigenvalue weighted by Gasteiger charge is -2.47. The summed E-state index contributed by atoms with van der Waals surface area (Å²) in [5.41, 5.74) is 3.99. The van der Waals surface area contributed by atoms with Gasteiger partial charge in [0.1, 0.15) is 0 Å². The number of aliphatic imine (C=N–C) groups is 1. The molecule has 146 valence electrons. The Hall–Kier alpha value is -1.75. The molecule has 0 aromatic heterocycles. The first kappa shape index (κ1) is 20.0. The van der Waals surface area contributed by atoms with E-state index < -0.39 is 0 Å². The lowest BCUT2D eigenvalue weighted by molar-refractivity contribution is -0.122. The minimum Gasteiger partial charge on any atom is -0.366 e. The Morgan fingerprint density at radius 3 is 2.63 bits per heavy atom. The Kier molecular flexibility index (Phi) is 5.71. The number of fused-ring (bicyclic) bond motifs is 1. The fraction of sp³-hybridized carbons (Fsp3) is 0.545. The molecule has 1 amide bonds. The average molecular weight is 386 g/mol. The van der Waals surface area contributed by atoms with Gasteiger partial charge in [-0.25, -0.2) is 0 Å². The lowest BCUT2D eigenvalue weighted by atomic mass is 9.79. The van der Waals surface area contributed by atoms with Crippen LogP contribution in [0.5, 0.6) is 0 Å². The van der Waals surface area contributed by atoms with Gasteiger partial charge in [0.05, 0.1) is 4.91 Å². The van der Waals surface area contributed by atoms with E-state index in [0.29, 0.717) is 19.0 Å². The maximum absolute atomic E-state index is 12.7. The molecule has 0 aliphatic carbocycles. The lowest BCUT2D eigenvalue weighted by Crippen LogP contribution is -2.48. The van der Waals surface area contributed by atoms with Crippen molar-refractivity contribution in [2.45, 2.75) is 59.4 Å². The number of carbonyl (C=O) groups excluding carboxylic acids is 1. The third-order valence-corrected chi connectivity index (χ3v) is 6.57. The zero-order chi connectivity index (χ0) is 19.8. The molecule has 2 heterocycles. The number of nitrogens with zero attached hydrogens (tertiary/aromatic N) is 3. The summed E-state index contributed by atoms with van der Waals surface area (Å²) < 4.78 is 0. The van der Waals surface area contributed by atoms with Crippen molar-refractivity contribution in [3.05, 3.63) is 34.2 Å². The molecule has 5 heteroatoms. The molecule has 4 nitrogen and oxygen atoms in total.